The van der Waals surface area contributed by atoms with E-state index in [4.69, 9.17) is 6.57 Å². The lowest BCUT2D eigenvalue weighted by atomic mass is 9.66. The Hall–Kier alpha value is -10.3. The zero-order chi connectivity index (χ0) is 50.3. The number of nitriles is 1. The van der Waals surface area contributed by atoms with Gasteiger partial charge in [0.25, 0.3) is 0 Å². The van der Waals surface area contributed by atoms with Crippen molar-refractivity contribution in [3.8, 4) is 39.4 Å². The third-order valence-electron chi connectivity index (χ3n) is 14.9. The molecular weight excluding hydrogens is 909 g/mol. The van der Waals surface area contributed by atoms with Crippen molar-refractivity contribution in [2.75, 3.05) is 9.80 Å². The van der Waals surface area contributed by atoms with Crippen molar-refractivity contribution in [2.45, 2.75) is 5.41 Å². The first-order chi connectivity index (χ1) is 37.1. The normalized spacial score (nSPS) is 12.1. The van der Waals surface area contributed by atoms with Crippen molar-refractivity contribution in [3.63, 3.8) is 0 Å². The second kappa shape index (κ2) is 18.7. The van der Waals surface area contributed by atoms with Crippen LogP contribution >= 0.6 is 0 Å². The van der Waals surface area contributed by atoms with Crippen molar-refractivity contribution in [1.29, 1.82) is 5.26 Å². The van der Waals surface area contributed by atoms with Crippen LogP contribution in [0.2, 0.25) is 0 Å². The highest BCUT2D eigenvalue weighted by atomic mass is 15.1. The van der Waals surface area contributed by atoms with Gasteiger partial charge in [-0.25, -0.2) is 4.85 Å². The Labute approximate surface area is 437 Å². The molecular formula is C71H46N4. The highest BCUT2D eigenvalue weighted by molar-refractivity contribution is 6.20. The lowest BCUT2D eigenvalue weighted by Crippen LogP contribution is -2.29. The fraction of sp³-hybridized carbons (Fsp3) is 0.0141. The topological polar surface area (TPSA) is 34.6 Å². The fourth-order valence-corrected chi connectivity index (χ4v) is 11.6. The maximum atomic E-state index is 9.89. The molecule has 0 heterocycles. The van der Waals surface area contributed by atoms with Gasteiger partial charge in [0.05, 0.1) is 23.6 Å². The summed E-state index contributed by atoms with van der Waals surface area (Å²) in [6.45, 7) is 7.75. The number of benzene rings is 12. The van der Waals surface area contributed by atoms with Gasteiger partial charge in [0.1, 0.15) is 0 Å². The van der Waals surface area contributed by atoms with Crippen LogP contribution in [0.3, 0.4) is 0 Å². The Morgan fingerprint density at radius 1 is 0.360 bits per heavy atom. The largest absolute Gasteiger partial charge is 0.311 e. The Morgan fingerprint density at radius 3 is 1.28 bits per heavy atom. The molecule has 0 bridgehead atoms. The lowest BCUT2D eigenvalue weighted by molar-refractivity contribution is 0.776. The maximum absolute atomic E-state index is 9.89. The van der Waals surface area contributed by atoms with Gasteiger partial charge in [0, 0.05) is 34.1 Å². The highest BCUT2D eigenvalue weighted by Gasteiger charge is 2.48. The second-order valence-electron chi connectivity index (χ2n) is 19.0. The van der Waals surface area contributed by atoms with Gasteiger partial charge in [-0.3, -0.25) is 0 Å². The summed E-state index contributed by atoms with van der Waals surface area (Å²) >= 11 is 0. The van der Waals surface area contributed by atoms with Crippen LogP contribution in [0.5, 0.6) is 0 Å². The van der Waals surface area contributed by atoms with Crippen molar-refractivity contribution in [1.82, 2.24) is 0 Å². The van der Waals surface area contributed by atoms with Crippen LogP contribution in [0.25, 0.3) is 59.8 Å². The molecule has 0 spiro atoms. The summed E-state index contributed by atoms with van der Waals surface area (Å²) in [6.07, 6.45) is 0. The average molecular weight is 955 g/mol. The highest BCUT2D eigenvalue weighted by Crippen LogP contribution is 2.61. The molecule has 0 aliphatic heterocycles. The molecule has 0 radical (unpaired) electrons. The van der Waals surface area contributed by atoms with Gasteiger partial charge in [0.15, 0.2) is 5.69 Å². The predicted octanol–water partition coefficient (Wildman–Crippen LogP) is 19.1. The number of hydrogen-bond donors (Lipinski definition) is 0. The van der Waals surface area contributed by atoms with Crippen molar-refractivity contribution >= 4 is 61.4 Å². The molecule has 1 aliphatic rings. The van der Waals surface area contributed by atoms with Gasteiger partial charge in [-0.15, -0.1) is 0 Å². The summed E-state index contributed by atoms with van der Waals surface area (Å²) in [6, 6.07) is 102. The molecule has 75 heavy (non-hydrogen) atoms. The Balaban J connectivity index is 1.06. The van der Waals surface area contributed by atoms with E-state index in [-0.39, 0.29) is 0 Å². The summed E-state index contributed by atoms with van der Waals surface area (Å²) < 4.78 is 0. The van der Waals surface area contributed by atoms with Crippen LogP contribution in [0.1, 0.15) is 27.8 Å². The monoisotopic (exact) mass is 954 g/mol. The number of nitrogens with zero attached hydrogens (tertiary/aromatic N) is 4. The molecule has 12 aromatic carbocycles. The number of anilines is 6. The predicted molar refractivity (Wildman–Crippen MR) is 310 cm³/mol. The SMILES string of the molecule is [C-]#[N+]c1ccc(N(c2ccc(-c3ccccc3)cc2)c2ccc3c4c(c5ccccc5c3c2)-c2ccc(N(c3ccc(C#N)cc3)c3ccc(-c5ccccc5)cc3)cc2C4(c2ccccc2)c2ccccc2)cc1. The van der Waals surface area contributed by atoms with Gasteiger partial charge in [0.2, 0.25) is 0 Å². The summed E-state index contributed by atoms with van der Waals surface area (Å²) in [5.74, 6) is 0. The molecule has 4 heteroatoms. The van der Waals surface area contributed by atoms with Crippen LogP contribution < -0.4 is 9.80 Å². The first kappa shape index (κ1) is 44.7. The molecule has 0 fully saturated rings. The molecule has 4 nitrogen and oxygen atoms in total. The van der Waals surface area contributed by atoms with Crippen molar-refractivity contribution in [3.05, 3.63) is 318 Å². The Kier molecular flexibility index (Phi) is 11.2. The van der Waals surface area contributed by atoms with E-state index < -0.39 is 5.41 Å². The Bertz CT molecular complexity index is 4100. The number of rotatable bonds is 10. The smallest absolute Gasteiger partial charge is 0.187 e. The molecule has 0 amide bonds. The summed E-state index contributed by atoms with van der Waals surface area (Å²) in [7, 11) is 0. The fourth-order valence-electron chi connectivity index (χ4n) is 11.6. The van der Waals surface area contributed by atoms with Gasteiger partial charge < -0.3 is 9.80 Å². The van der Waals surface area contributed by atoms with Crippen LogP contribution in [0.4, 0.5) is 39.8 Å². The first-order valence-electron chi connectivity index (χ1n) is 25.2. The molecule has 0 unspecified atom stereocenters. The number of fused-ring (bicyclic) bond motifs is 8. The molecule has 0 atom stereocenters. The number of hydrogen-bond acceptors (Lipinski definition) is 3. The van der Waals surface area contributed by atoms with Crippen LogP contribution in [0.15, 0.2) is 279 Å². The van der Waals surface area contributed by atoms with E-state index >= 15 is 0 Å². The van der Waals surface area contributed by atoms with Gasteiger partial charge in [-0.1, -0.05) is 194 Å². The van der Waals surface area contributed by atoms with Gasteiger partial charge in [-0.2, -0.15) is 5.26 Å². The van der Waals surface area contributed by atoms with E-state index in [0.29, 0.717) is 11.3 Å². The molecule has 13 rings (SSSR count). The third-order valence-corrected chi connectivity index (χ3v) is 14.9. The molecule has 0 saturated carbocycles. The summed E-state index contributed by atoms with van der Waals surface area (Å²) in [5.41, 5.74) is 18.2. The van der Waals surface area contributed by atoms with Crippen molar-refractivity contribution < 1.29 is 0 Å². The van der Waals surface area contributed by atoms with E-state index in [1.807, 2.05) is 60.7 Å². The third kappa shape index (κ3) is 7.61. The summed E-state index contributed by atoms with van der Waals surface area (Å²) in [4.78, 5) is 8.35. The van der Waals surface area contributed by atoms with Crippen LogP contribution in [-0.2, 0) is 5.41 Å². The minimum atomic E-state index is -0.761. The van der Waals surface area contributed by atoms with Crippen LogP contribution in [-0.4, -0.2) is 0 Å². The van der Waals surface area contributed by atoms with Gasteiger partial charge in [-0.05, 0) is 162 Å². The quantitative estimate of drug-likeness (QED) is 0.101. The molecule has 12 aromatic rings. The maximum Gasteiger partial charge on any atom is 0.187 e. The zero-order valence-electron chi connectivity index (χ0n) is 40.8. The average Bonchev–Trinajstić information content (AvgIpc) is 3.86. The zero-order valence-corrected chi connectivity index (χ0v) is 40.8. The molecule has 1 aliphatic carbocycles. The minimum absolute atomic E-state index is 0.597. The molecule has 0 saturated heterocycles. The standard InChI is InChI=1S/C71H46N4/c1-73-56-32-40-60(41-33-56)74(58-36-28-52(29-37-58)50-16-6-2-7-17-50)61-42-44-65-67(46-61)63-24-14-15-25-64(63)69-66-45-43-62(47-68(66)71(70(65)69,54-20-10-4-11-21-54)55-22-12-5-13-23-55)75(57-34-26-49(48-72)27-35-57)59-38-30-53(31-39-59)51-18-8-3-9-19-51/h2-47H. The van der Waals surface area contributed by atoms with Crippen molar-refractivity contribution in [2.24, 2.45) is 0 Å². The van der Waals surface area contributed by atoms with Gasteiger partial charge >= 0.3 is 0 Å². The van der Waals surface area contributed by atoms with E-state index in [0.717, 1.165) is 61.8 Å². The second-order valence-corrected chi connectivity index (χ2v) is 19.0. The lowest BCUT2D eigenvalue weighted by Gasteiger charge is -2.36. The van der Waals surface area contributed by atoms with E-state index in [1.54, 1.807) is 0 Å². The summed E-state index contributed by atoms with van der Waals surface area (Å²) in [5, 5.41) is 14.6. The molecule has 350 valence electrons. The van der Waals surface area contributed by atoms with E-state index in [1.165, 1.54) is 49.5 Å². The molecule has 0 N–H and O–H groups in total. The minimum Gasteiger partial charge on any atom is -0.311 e. The molecule has 0 aromatic heterocycles. The van der Waals surface area contributed by atoms with Crippen LogP contribution in [0, 0.1) is 17.9 Å². The van der Waals surface area contributed by atoms with E-state index in [9.17, 15) is 5.26 Å². The van der Waals surface area contributed by atoms with E-state index in [2.05, 4.69) is 239 Å². The first-order valence-corrected chi connectivity index (χ1v) is 25.2. The Morgan fingerprint density at radius 2 is 0.773 bits per heavy atom.